The lowest BCUT2D eigenvalue weighted by Gasteiger charge is -2.25. The van der Waals surface area contributed by atoms with Gasteiger partial charge in [-0.2, -0.15) is 0 Å². The van der Waals surface area contributed by atoms with E-state index in [2.05, 4.69) is 27.2 Å². The Morgan fingerprint density at radius 2 is 2.04 bits per heavy atom. The first-order valence-electron chi connectivity index (χ1n) is 10.5. The molecule has 0 saturated carbocycles. The van der Waals surface area contributed by atoms with Crippen LogP contribution in [0.5, 0.6) is 0 Å². The summed E-state index contributed by atoms with van der Waals surface area (Å²) in [5, 5.41) is 4.68. The van der Waals surface area contributed by atoms with Crippen molar-refractivity contribution >= 4 is 17.9 Å². The van der Waals surface area contributed by atoms with E-state index >= 15 is 0 Å². The van der Waals surface area contributed by atoms with Gasteiger partial charge in [-0.1, -0.05) is 50.1 Å². The van der Waals surface area contributed by atoms with Crippen LogP contribution < -0.4 is 10.6 Å². The van der Waals surface area contributed by atoms with Crippen molar-refractivity contribution in [2.45, 2.75) is 25.3 Å². The van der Waals surface area contributed by atoms with Gasteiger partial charge in [0.05, 0.1) is 25.9 Å². The molecule has 1 aromatic carbocycles. The minimum Gasteiger partial charge on any atom is -0.347 e. The molecular formula is C19H20N4O2. The summed E-state index contributed by atoms with van der Waals surface area (Å²) in [5.74, 6) is -1.68. The largest absolute Gasteiger partial charge is 0.347 e. The van der Waals surface area contributed by atoms with Crippen LogP contribution in [0.4, 0.5) is 0 Å². The molecule has 0 unspecified atom stereocenters. The molecule has 2 aromatic rings. The maximum atomic E-state index is 12.8. The summed E-state index contributed by atoms with van der Waals surface area (Å²) < 4.78 is 47.6. The topological polar surface area (TPSA) is 86.9 Å². The molecule has 1 aliphatic rings. The summed E-state index contributed by atoms with van der Waals surface area (Å²) >= 11 is 0. The van der Waals surface area contributed by atoms with E-state index in [9.17, 15) is 9.59 Å². The van der Waals surface area contributed by atoms with E-state index in [0.717, 1.165) is 0 Å². The number of aromatic nitrogens is 2. The van der Waals surface area contributed by atoms with Gasteiger partial charge in [0, 0.05) is 5.41 Å². The second-order valence-corrected chi connectivity index (χ2v) is 5.99. The maximum Gasteiger partial charge on any atom is 0.268 e. The average molecular weight is 342 g/mol. The van der Waals surface area contributed by atoms with Gasteiger partial charge in [0.2, 0.25) is 0 Å². The Balaban J connectivity index is 2.05. The van der Waals surface area contributed by atoms with Gasteiger partial charge in [-0.25, -0.2) is 4.98 Å². The monoisotopic (exact) mass is 342 g/mol. The molecule has 6 heteroatoms. The SMILES string of the molecule is [2H]/C(=C1/NC(=O)[C@@H](c2c([2H])c([2H])c([2H])c([2H])c2[2H])NC1=O)c1nc[nH]c1C(C)(C)C=C. The van der Waals surface area contributed by atoms with Gasteiger partial charge in [-0.15, -0.1) is 6.58 Å². The zero-order valence-electron chi connectivity index (χ0n) is 19.7. The van der Waals surface area contributed by atoms with Crippen LogP contribution >= 0.6 is 0 Å². The molecular weight excluding hydrogens is 316 g/mol. The number of hydrogen-bond acceptors (Lipinski definition) is 3. The molecule has 1 aromatic heterocycles. The van der Waals surface area contributed by atoms with Crippen LogP contribution in [0, 0.1) is 0 Å². The lowest BCUT2D eigenvalue weighted by molar-refractivity contribution is -0.131. The molecule has 3 rings (SSSR count). The smallest absolute Gasteiger partial charge is 0.268 e. The lowest BCUT2D eigenvalue weighted by atomic mass is 9.88. The molecule has 0 radical (unpaired) electrons. The van der Waals surface area contributed by atoms with Crippen LogP contribution in [-0.2, 0) is 15.0 Å². The molecule has 2 heterocycles. The number of carbonyl (C=O) groups excluding carboxylic acids is 2. The van der Waals surface area contributed by atoms with Crippen molar-refractivity contribution in [3.8, 4) is 0 Å². The highest BCUT2D eigenvalue weighted by Crippen LogP contribution is 2.26. The van der Waals surface area contributed by atoms with Crippen molar-refractivity contribution in [3.63, 3.8) is 0 Å². The number of H-pyrrole nitrogens is 1. The Hall–Kier alpha value is -3.15. The second-order valence-electron chi connectivity index (χ2n) is 5.99. The summed E-state index contributed by atoms with van der Waals surface area (Å²) in [6, 6.07) is -4.87. The van der Waals surface area contributed by atoms with E-state index in [1.807, 2.05) is 13.8 Å². The second kappa shape index (κ2) is 6.39. The number of rotatable bonds is 4. The van der Waals surface area contributed by atoms with Gasteiger partial charge in [-0.3, -0.25) is 9.59 Å². The van der Waals surface area contributed by atoms with Gasteiger partial charge >= 0.3 is 0 Å². The number of amides is 2. The Morgan fingerprint density at radius 1 is 1.32 bits per heavy atom. The molecule has 6 nitrogen and oxygen atoms in total. The molecule has 0 spiro atoms. The van der Waals surface area contributed by atoms with E-state index in [-0.39, 0.29) is 23.0 Å². The van der Waals surface area contributed by atoms with Gasteiger partial charge in [0.15, 0.2) is 0 Å². The van der Waals surface area contributed by atoms with Crippen LogP contribution in [0.15, 0.2) is 54.9 Å². The van der Waals surface area contributed by atoms with E-state index < -0.39 is 53.5 Å². The van der Waals surface area contributed by atoms with Crippen LogP contribution in [0.1, 0.15) is 45.1 Å². The van der Waals surface area contributed by atoms with Crippen molar-refractivity contribution in [2.24, 2.45) is 0 Å². The number of nitrogens with one attached hydrogen (secondary N) is 3. The third-order valence-corrected chi connectivity index (χ3v) is 3.86. The number of allylic oxidation sites excluding steroid dienone is 1. The summed E-state index contributed by atoms with van der Waals surface area (Å²) in [5.41, 5.74) is -0.632. The normalized spacial score (nSPS) is 23.2. The molecule has 0 bridgehead atoms. The molecule has 128 valence electrons. The maximum absolute atomic E-state index is 12.8. The predicted octanol–water partition coefficient (Wildman–Crippen LogP) is 2.20. The van der Waals surface area contributed by atoms with Crippen molar-refractivity contribution < 1.29 is 17.8 Å². The Kier molecular flexibility index (Phi) is 2.73. The number of imidazole rings is 1. The van der Waals surface area contributed by atoms with E-state index in [0.29, 0.717) is 5.69 Å². The van der Waals surface area contributed by atoms with Crippen molar-refractivity contribution in [1.82, 2.24) is 20.6 Å². The van der Waals surface area contributed by atoms with Crippen molar-refractivity contribution in [1.29, 1.82) is 0 Å². The van der Waals surface area contributed by atoms with Gasteiger partial charge in [0.25, 0.3) is 11.8 Å². The number of nitrogens with zero attached hydrogens (tertiary/aromatic N) is 1. The predicted molar refractivity (Wildman–Crippen MR) is 95.3 cm³/mol. The molecule has 1 atom stereocenters. The number of hydrogen-bond donors (Lipinski definition) is 3. The van der Waals surface area contributed by atoms with Gasteiger partial charge in [-0.05, 0) is 11.6 Å². The minimum atomic E-state index is -1.51. The first kappa shape index (κ1) is 10.7. The van der Waals surface area contributed by atoms with Gasteiger partial charge < -0.3 is 15.6 Å². The fourth-order valence-electron chi connectivity index (χ4n) is 2.32. The number of aromatic amines is 1. The molecule has 1 saturated heterocycles. The molecule has 1 aliphatic heterocycles. The summed E-state index contributed by atoms with van der Waals surface area (Å²) in [7, 11) is 0. The molecule has 0 aliphatic carbocycles. The fourth-order valence-corrected chi connectivity index (χ4v) is 2.32. The summed E-state index contributed by atoms with van der Waals surface area (Å²) in [6.07, 6.45) is 3.01. The molecule has 3 N–H and O–H groups in total. The fraction of sp³-hybridized carbons (Fsp3) is 0.211. The molecule has 2 amide bonds. The minimum absolute atomic E-state index is 0.150. The quantitative estimate of drug-likeness (QED) is 0.588. The van der Waals surface area contributed by atoms with E-state index in [4.69, 9.17) is 8.22 Å². The highest BCUT2D eigenvalue weighted by atomic mass is 16.2. The van der Waals surface area contributed by atoms with Gasteiger partial charge in [0.1, 0.15) is 11.7 Å². The Bertz CT molecular complexity index is 1130. The van der Waals surface area contributed by atoms with Crippen LogP contribution in [0.25, 0.3) is 6.05 Å². The highest BCUT2D eigenvalue weighted by molar-refractivity contribution is 6.07. The van der Waals surface area contributed by atoms with Crippen molar-refractivity contribution in [3.05, 3.63) is 71.8 Å². The number of benzene rings is 1. The zero-order chi connectivity index (χ0) is 23.2. The van der Waals surface area contributed by atoms with Crippen LogP contribution in [0.3, 0.4) is 0 Å². The first-order chi connectivity index (χ1) is 14.4. The third kappa shape index (κ3) is 3.24. The van der Waals surface area contributed by atoms with Crippen LogP contribution in [-0.4, -0.2) is 21.8 Å². The molecule has 1 fully saturated rings. The number of carbonyl (C=O) groups is 2. The molecule has 25 heavy (non-hydrogen) atoms. The third-order valence-electron chi connectivity index (χ3n) is 3.86. The summed E-state index contributed by atoms with van der Waals surface area (Å²) in [4.78, 5) is 32.5. The average Bonchev–Trinajstić information content (AvgIpc) is 3.23. The standard InChI is InChI=1S/C19H20N4O2/c1-4-19(2,3)16-13(20-11-21-16)10-14-17(24)23-15(18(25)22-14)12-8-6-5-7-9-12/h4-11,15H,1H2,2-3H3,(H,20,21)(H,22,25)(H,23,24)/b14-10-/t15-/m1/s1/i5D,6D,7D,8D,9D,10D. The summed E-state index contributed by atoms with van der Waals surface area (Å²) in [6.45, 7) is 7.43. The zero-order valence-corrected chi connectivity index (χ0v) is 13.7. The van der Waals surface area contributed by atoms with Crippen LogP contribution in [0.2, 0.25) is 0 Å². The highest BCUT2D eigenvalue weighted by Gasteiger charge is 2.31. The first-order valence-corrected chi connectivity index (χ1v) is 7.49. The Morgan fingerprint density at radius 3 is 2.72 bits per heavy atom. The number of piperazine rings is 1. The van der Waals surface area contributed by atoms with E-state index in [1.165, 1.54) is 6.33 Å². The van der Waals surface area contributed by atoms with Crippen molar-refractivity contribution in [2.75, 3.05) is 0 Å². The Labute approximate surface area is 154 Å². The lowest BCUT2D eigenvalue weighted by Crippen LogP contribution is -2.49. The van der Waals surface area contributed by atoms with E-state index in [1.54, 1.807) is 6.08 Å².